The number of aromatic nitrogens is 1. The van der Waals surface area contributed by atoms with Crippen LogP contribution in [0.3, 0.4) is 0 Å². The lowest BCUT2D eigenvalue weighted by Crippen LogP contribution is -2.25. The van der Waals surface area contributed by atoms with Crippen molar-refractivity contribution in [2.75, 3.05) is 11.9 Å². The fourth-order valence-corrected chi connectivity index (χ4v) is 3.91. The van der Waals surface area contributed by atoms with Gasteiger partial charge in [0, 0.05) is 17.5 Å². The van der Waals surface area contributed by atoms with Crippen LogP contribution >= 0.6 is 11.3 Å². The van der Waals surface area contributed by atoms with E-state index < -0.39 is 0 Å². The number of carbonyl (C=O) groups is 1. The Morgan fingerprint density at radius 1 is 1.26 bits per heavy atom. The van der Waals surface area contributed by atoms with Gasteiger partial charge in [0.15, 0.2) is 11.4 Å². The summed E-state index contributed by atoms with van der Waals surface area (Å²) in [5, 5.41) is 4.89. The molecule has 0 spiro atoms. The zero-order valence-corrected chi connectivity index (χ0v) is 15.6. The predicted octanol–water partition coefficient (Wildman–Crippen LogP) is 4.33. The molecule has 2 aromatic carbocycles. The third-order valence-corrected chi connectivity index (χ3v) is 5.07. The van der Waals surface area contributed by atoms with Gasteiger partial charge in [-0.25, -0.2) is 9.38 Å². The van der Waals surface area contributed by atoms with Crippen LogP contribution in [0.5, 0.6) is 5.75 Å². The molecule has 0 bridgehead atoms. The fourth-order valence-electron chi connectivity index (χ4n) is 2.96. The summed E-state index contributed by atoms with van der Waals surface area (Å²) < 4.78 is 20.7. The summed E-state index contributed by atoms with van der Waals surface area (Å²) in [6, 6.07) is 11.9. The van der Waals surface area contributed by atoms with Crippen molar-refractivity contribution in [1.82, 2.24) is 4.57 Å². The molecule has 0 saturated heterocycles. The Kier molecular flexibility index (Phi) is 4.77. The Hall–Kier alpha value is -2.93. The smallest absolute Gasteiger partial charge is 0.262 e. The molecule has 138 valence electrons. The number of amides is 1. The second-order valence-corrected chi connectivity index (χ2v) is 7.03. The maximum atomic E-state index is 13.1. The Balaban J connectivity index is 1.78. The monoisotopic (exact) mass is 383 g/mol. The van der Waals surface area contributed by atoms with Gasteiger partial charge in [-0.2, -0.15) is 0 Å². The van der Waals surface area contributed by atoms with Crippen molar-refractivity contribution in [3.63, 3.8) is 0 Å². The first-order valence-corrected chi connectivity index (χ1v) is 9.57. The summed E-state index contributed by atoms with van der Waals surface area (Å²) in [5.74, 6) is 0.242. The lowest BCUT2D eigenvalue weighted by atomic mass is 10.1. The van der Waals surface area contributed by atoms with Crippen molar-refractivity contribution in [2.45, 2.75) is 19.9 Å². The minimum atomic E-state index is -0.277. The van der Waals surface area contributed by atoms with Crippen LogP contribution in [0.4, 0.5) is 15.8 Å². The number of hydrogen-bond acceptors (Lipinski definition) is 4. The minimum Gasteiger partial charge on any atom is -0.482 e. The zero-order valence-electron chi connectivity index (χ0n) is 14.7. The molecule has 1 amide bonds. The number of anilines is 1. The Labute approximate surface area is 159 Å². The minimum absolute atomic E-state index is 0.0430. The van der Waals surface area contributed by atoms with Crippen LogP contribution < -0.4 is 14.9 Å². The van der Waals surface area contributed by atoms with Crippen molar-refractivity contribution < 1.29 is 13.9 Å². The van der Waals surface area contributed by atoms with Crippen molar-refractivity contribution in [1.29, 1.82) is 0 Å². The number of rotatable bonds is 4. The van der Waals surface area contributed by atoms with Crippen molar-refractivity contribution in [3.8, 4) is 17.0 Å². The molecule has 27 heavy (non-hydrogen) atoms. The summed E-state index contributed by atoms with van der Waals surface area (Å²) in [5.41, 5.74) is 3.38. The second-order valence-electron chi connectivity index (χ2n) is 6.19. The van der Waals surface area contributed by atoms with E-state index in [1.807, 2.05) is 23.6 Å². The highest BCUT2D eigenvalue weighted by Gasteiger charge is 2.17. The second kappa shape index (κ2) is 7.36. The number of benzene rings is 2. The number of carbonyl (C=O) groups excluding carboxylic acids is 1. The van der Waals surface area contributed by atoms with E-state index in [1.54, 1.807) is 12.1 Å². The van der Waals surface area contributed by atoms with Crippen LogP contribution in [0.15, 0.2) is 52.8 Å². The van der Waals surface area contributed by atoms with Crippen LogP contribution in [0.2, 0.25) is 0 Å². The third-order valence-electron chi connectivity index (χ3n) is 4.20. The Morgan fingerprint density at radius 3 is 2.85 bits per heavy atom. The molecule has 4 rings (SSSR count). The van der Waals surface area contributed by atoms with Crippen molar-refractivity contribution in [3.05, 3.63) is 58.5 Å². The number of hydrogen-bond donors (Lipinski definition) is 1. The molecule has 1 aliphatic heterocycles. The molecule has 1 N–H and O–H groups in total. The van der Waals surface area contributed by atoms with Gasteiger partial charge in [0.1, 0.15) is 11.6 Å². The van der Waals surface area contributed by atoms with Gasteiger partial charge >= 0.3 is 0 Å². The number of nitrogens with one attached hydrogen (secondary N) is 1. The number of ether oxygens (including phenoxy) is 1. The summed E-state index contributed by atoms with van der Waals surface area (Å²) in [6.07, 6.45) is 0.950. The fraction of sp³-hybridized carbons (Fsp3) is 0.200. The number of fused-ring (bicyclic) bond motifs is 1. The SMILES string of the molecule is CCCn1c(-c2ccc3c(c2)NC(=O)CO3)csc1=Nc1ccc(F)cc1. The molecule has 0 unspecified atom stereocenters. The lowest BCUT2D eigenvalue weighted by molar-refractivity contribution is -0.118. The highest BCUT2D eigenvalue weighted by atomic mass is 32.1. The van der Waals surface area contributed by atoms with Gasteiger partial charge in [-0.15, -0.1) is 11.3 Å². The van der Waals surface area contributed by atoms with E-state index in [4.69, 9.17) is 4.74 Å². The molecule has 0 atom stereocenters. The van der Waals surface area contributed by atoms with Gasteiger partial charge in [0.25, 0.3) is 5.91 Å². The standard InChI is InChI=1S/C20H18FN3O2S/c1-2-9-24-17(12-27-20(24)22-15-6-4-14(21)5-7-15)13-3-8-18-16(10-13)23-19(25)11-26-18/h3-8,10,12H,2,9,11H2,1H3,(H,23,25). The van der Waals surface area contributed by atoms with E-state index in [0.717, 1.165) is 29.0 Å². The van der Waals surface area contributed by atoms with Crippen LogP contribution in [-0.4, -0.2) is 17.1 Å². The average molecular weight is 383 g/mol. The summed E-state index contributed by atoms with van der Waals surface area (Å²) in [4.78, 5) is 17.1. The molecule has 0 fully saturated rings. The molecule has 0 saturated carbocycles. The first-order chi connectivity index (χ1) is 13.1. The zero-order chi connectivity index (χ0) is 18.8. The van der Waals surface area contributed by atoms with Crippen LogP contribution in [0, 0.1) is 5.82 Å². The van der Waals surface area contributed by atoms with Crippen LogP contribution in [0.1, 0.15) is 13.3 Å². The van der Waals surface area contributed by atoms with Gasteiger partial charge in [-0.3, -0.25) is 4.79 Å². The molecular weight excluding hydrogens is 365 g/mol. The topological polar surface area (TPSA) is 55.6 Å². The molecule has 2 heterocycles. The highest BCUT2D eigenvalue weighted by Crippen LogP contribution is 2.33. The third kappa shape index (κ3) is 3.64. The average Bonchev–Trinajstić information content (AvgIpc) is 3.06. The van der Waals surface area contributed by atoms with Crippen molar-refractivity contribution in [2.24, 2.45) is 4.99 Å². The van der Waals surface area contributed by atoms with Crippen LogP contribution in [0.25, 0.3) is 11.3 Å². The predicted molar refractivity (Wildman–Crippen MR) is 104 cm³/mol. The molecule has 0 aliphatic carbocycles. The first-order valence-electron chi connectivity index (χ1n) is 8.70. The number of nitrogens with zero attached hydrogens (tertiary/aromatic N) is 2. The van der Waals surface area contributed by atoms with Crippen LogP contribution in [-0.2, 0) is 11.3 Å². The summed E-state index contributed by atoms with van der Waals surface area (Å²) >= 11 is 1.53. The number of halogens is 1. The lowest BCUT2D eigenvalue weighted by Gasteiger charge is -2.18. The van der Waals surface area contributed by atoms with E-state index >= 15 is 0 Å². The van der Waals surface area contributed by atoms with Gasteiger partial charge in [-0.05, 0) is 48.9 Å². The van der Waals surface area contributed by atoms with E-state index in [-0.39, 0.29) is 18.3 Å². The maximum Gasteiger partial charge on any atom is 0.262 e. The van der Waals surface area contributed by atoms with E-state index in [1.165, 1.54) is 23.5 Å². The van der Waals surface area contributed by atoms with Crippen molar-refractivity contribution >= 4 is 28.6 Å². The largest absolute Gasteiger partial charge is 0.482 e. The molecule has 1 aromatic heterocycles. The van der Waals surface area contributed by atoms with E-state index in [0.29, 0.717) is 17.1 Å². The normalized spacial score (nSPS) is 13.9. The number of thiazole rings is 1. The summed E-state index contributed by atoms with van der Waals surface area (Å²) in [7, 11) is 0. The summed E-state index contributed by atoms with van der Waals surface area (Å²) in [6.45, 7) is 2.96. The van der Waals surface area contributed by atoms with Gasteiger partial charge in [-0.1, -0.05) is 6.92 Å². The molecular formula is C20H18FN3O2S. The molecule has 7 heteroatoms. The van der Waals surface area contributed by atoms with Gasteiger partial charge in [0.05, 0.1) is 17.1 Å². The quantitative estimate of drug-likeness (QED) is 0.729. The molecule has 1 aliphatic rings. The maximum absolute atomic E-state index is 13.1. The Morgan fingerprint density at radius 2 is 2.07 bits per heavy atom. The molecule has 0 radical (unpaired) electrons. The highest BCUT2D eigenvalue weighted by molar-refractivity contribution is 7.07. The first kappa shape index (κ1) is 17.5. The van der Waals surface area contributed by atoms with E-state index in [9.17, 15) is 9.18 Å². The van der Waals surface area contributed by atoms with Gasteiger partial charge in [0.2, 0.25) is 0 Å². The van der Waals surface area contributed by atoms with Gasteiger partial charge < -0.3 is 14.6 Å². The molecule has 3 aromatic rings. The van der Waals surface area contributed by atoms with E-state index in [2.05, 4.69) is 21.8 Å². The molecule has 5 nitrogen and oxygen atoms in total. The Bertz CT molecular complexity index is 1050.